The Morgan fingerprint density at radius 3 is 2.39 bits per heavy atom. The smallest absolute Gasteiger partial charge is 0.119 e. The van der Waals surface area contributed by atoms with Crippen LogP contribution >= 0.6 is 0 Å². The lowest BCUT2D eigenvalue weighted by atomic mass is 9.88. The zero-order valence-electron chi connectivity index (χ0n) is 12.3. The Hall–Kier alpha value is -1.06. The maximum atomic E-state index is 5.62. The zero-order chi connectivity index (χ0) is 13.8. The maximum absolute atomic E-state index is 5.62. The minimum Gasteiger partial charge on any atom is -0.497 e. The summed E-state index contributed by atoms with van der Waals surface area (Å²) in [4.78, 5) is 0. The van der Waals surface area contributed by atoms with Crippen LogP contribution in [0.15, 0.2) is 18.2 Å². The van der Waals surface area contributed by atoms with Gasteiger partial charge >= 0.3 is 0 Å². The molecule has 1 unspecified atom stereocenters. The van der Waals surface area contributed by atoms with Crippen molar-refractivity contribution in [3.05, 3.63) is 29.3 Å². The molecule has 1 atom stereocenters. The Morgan fingerprint density at radius 1 is 1.28 bits per heavy atom. The molecule has 0 fully saturated rings. The summed E-state index contributed by atoms with van der Waals surface area (Å²) in [5.41, 5.74) is 2.21. The van der Waals surface area contributed by atoms with E-state index < -0.39 is 0 Å². The molecule has 1 rings (SSSR count). The molecule has 0 aliphatic carbocycles. The van der Waals surface area contributed by atoms with Gasteiger partial charge in [-0.2, -0.15) is 0 Å². The molecule has 18 heavy (non-hydrogen) atoms. The second-order valence-corrected chi connectivity index (χ2v) is 5.02. The largest absolute Gasteiger partial charge is 0.497 e. The van der Waals surface area contributed by atoms with E-state index >= 15 is 0 Å². The molecule has 1 N–H and O–H groups in total. The van der Waals surface area contributed by atoms with Crippen molar-refractivity contribution in [2.24, 2.45) is 0 Å². The molecule has 0 aromatic heterocycles. The number of hydrogen-bond acceptors (Lipinski definition) is 3. The first kappa shape index (κ1) is 15.0. The molecule has 1 aromatic carbocycles. The van der Waals surface area contributed by atoms with E-state index in [-0.39, 0.29) is 11.6 Å². The Kier molecular flexibility index (Phi) is 5.17. The van der Waals surface area contributed by atoms with Crippen LogP contribution in [0.1, 0.15) is 37.9 Å². The van der Waals surface area contributed by atoms with Crippen molar-refractivity contribution in [3.8, 4) is 5.75 Å². The van der Waals surface area contributed by atoms with Gasteiger partial charge in [-0.15, -0.1) is 0 Å². The van der Waals surface area contributed by atoms with Crippen molar-refractivity contribution in [1.29, 1.82) is 0 Å². The minimum absolute atomic E-state index is 0.165. The Labute approximate surface area is 110 Å². The van der Waals surface area contributed by atoms with E-state index in [4.69, 9.17) is 9.47 Å². The number of nitrogens with one attached hydrogen (secondary N) is 1. The van der Waals surface area contributed by atoms with Gasteiger partial charge < -0.3 is 14.8 Å². The quantitative estimate of drug-likeness (QED) is 0.843. The number of likely N-dealkylation sites (N-methyl/N-ethyl adjacent to an activating group) is 1. The van der Waals surface area contributed by atoms with Crippen molar-refractivity contribution < 1.29 is 9.47 Å². The molecule has 0 radical (unpaired) electrons. The number of benzene rings is 1. The van der Waals surface area contributed by atoms with E-state index in [2.05, 4.69) is 45.1 Å². The van der Waals surface area contributed by atoms with E-state index in [1.54, 1.807) is 14.2 Å². The third-order valence-corrected chi connectivity index (χ3v) is 3.42. The number of ether oxygens (including phenoxy) is 2. The third kappa shape index (κ3) is 3.24. The average Bonchev–Trinajstić information content (AvgIpc) is 2.36. The van der Waals surface area contributed by atoms with E-state index in [1.807, 2.05) is 6.07 Å². The fraction of sp³-hybridized carbons (Fsp3) is 0.600. The SMILES string of the molecule is CCNC(c1ccc(OC)cc1C)C(C)(C)OC. The van der Waals surface area contributed by atoms with Crippen molar-refractivity contribution in [3.63, 3.8) is 0 Å². The predicted molar refractivity (Wildman–Crippen MR) is 75.2 cm³/mol. The fourth-order valence-electron chi connectivity index (χ4n) is 2.15. The molecule has 0 saturated heterocycles. The van der Waals surface area contributed by atoms with Crippen LogP contribution in [0.3, 0.4) is 0 Å². The van der Waals surface area contributed by atoms with E-state index in [9.17, 15) is 0 Å². The summed E-state index contributed by atoms with van der Waals surface area (Å²) in [6.07, 6.45) is 0. The van der Waals surface area contributed by atoms with Crippen LogP contribution in [-0.4, -0.2) is 26.4 Å². The normalized spacial score (nSPS) is 13.4. The summed E-state index contributed by atoms with van der Waals surface area (Å²) < 4.78 is 10.9. The fourth-order valence-corrected chi connectivity index (χ4v) is 2.15. The van der Waals surface area contributed by atoms with Gasteiger partial charge in [0.05, 0.1) is 18.8 Å². The van der Waals surface area contributed by atoms with Crippen molar-refractivity contribution >= 4 is 0 Å². The molecule has 0 heterocycles. The van der Waals surface area contributed by atoms with Gasteiger partial charge in [0, 0.05) is 7.11 Å². The Bertz CT molecular complexity index is 388. The molecular weight excluding hydrogens is 226 g/mol. The van der Waals surface area contributed by atoms with E-state index in [0.717, 1.165) is 12.3 Å². The maximum Gasteiger partial charge on any atom is 0.119 e. The highest BCUT2D eigenvalue weighted by Crippen LogP contribution is 2.31. The highest BCUT2D eigenvalue weighted by atomic mass is 16.5. The first-order valence-corrected chi connectivity index (χ1v) is 6.39. The van der Waals surface area contributed by atoms with Crippen LogP contribution in [-0.2, 0) is 4.74 Å². The lowest BCUT2D eigenvalue weighted by Gasteiger charge is -2.35. The molecule has 3 nitrogen and oxygen atoms in total. The van der Waals surface area contributed by atoms with E-state index in [0.29, 0.717) is 0 Å². The summed E-state index contributed by atoms with van der Waals surface area (Å²) in [5, 5.41) is 3.50. The van der Waals surface area contributed by atoms with Gasteiger partial charge in [0.25, 0.3) is 0 Å². The van der Waals surface area contributed by atoms with Crippen LogP contribution in [0.5, 0.6) is 5.75 Å². The number of aryl methyl sites for hydroxylation is 1. The second-order valence-electron chi connectivity index (χ2n) is 5.02. The van der Waals surface area contributed by atoms with Crippen LogP contribution < -0.4 is 10.1 Å². The molecule has 102 valence electrons. The van der Waals surface area contributed by atoms with Gasteiger partial charge in [-0.25, -0.2) is 0 Å². The summed E-state index contributed by atoms with van der Waals surface area (Å²) in [6, 6.07) is 6.34. The summed E-state index contributed by atoms with van der Waals surface area (Å²) in [6.45, 7) is 9.32. The van der Waals surface area contributed by atoms with Crippen LogP contribution in [0.25, 0.3) is 0 Å². The summed E-state index contributed by atoms with van der Waals surface area (Å²) in [5.74, 6) is 0.890. The molecule has 0 saturated carbocycles. The van der Waals surface area contributed by atoms with Crippen molar-refractivity contribution in [2.75, 3.05) is 20.8 Å². The van der Waals surface area contributed by atoms with Gasteiger partial charge in [0.1, 0.15) is 5.75 Å². The van der Waals surface area contributed by atoms with Gasteiger partial charge in [0.15, 0.2) is 0 Å². The minimum atomic E-state index is -0.255. The molecule has 1 aromatic rings. The van der Waals surface area contributed by atoms with Crippen molar-refractivity contribution in [2.45, 2.75) is 39.3 Å². The third-order valence-electron chi connectivity index (χ3n) is 3.42. The van der Waals surface area contributed by atoms with Crippen molar-refractivity contribution in [1.82, 2.24) is 5.32 Å². The second kappa shape index (κ2) is 6.21. The van der Waals surface area contributed by atoms with E-state index in [1.165, 1.54) is 11.1 Å². The van der Waals surface area contributed by atoms with Gasteiger partial charge in [-0.05, 0) is 50.6 Å². The first-order valence-electron chi connectivity index (χ1n) is 6.39. The molecule has 0 spiro atoms. The summed E-state index contributed by atoms with van der Waals surface area (Å²) >= 11 is 0. The lowest BCUT2D eigenvalue weighted by Crippen LogP contribution is -2.41. The molecule has 3 heteroatoms. The average molecular weight is 251 g/mol. The molecule has 0 aliphatic heterocycles. The number of rotatable bonds is 6. The monoisotopic (exact) mass is 251 g/mol. The van der Waals surface area contributed by atoms with Gasteiger partial charge in [-0.1, -0.05) is 13.0 Å². The van der Waals surface area contributed by atoms with Crippen LogP contribution in [0.2, 0.25) is 0 Å². The summed E-state index contributed by atoms with van der Waals surface area (Å²) in [7, 11) is 3.44. The molecular formula is C15H25NO2. The molecule has 0 bridgehead atoms. The Morgan fingerprint density at radius 2 is 1.94 bits per heavy atom. The van der Waals surface area contributed by atoms with Crippen LogP contribution in [0.4, 0.5) is 0 Å². The molecule has 0 aliphatic rings. The zero-order valence-corrected chi connectivity index (χ0v) is 12.3. The van der Waals surface area contributed by atoms with Crippen LogP contribution in [0, 0.1) is 6.92 Å². The predicted octanol–water partition coefficient (Wildman–Crippen LogP) is 3.08. The molecule has 0 amide bonds. The van der Waals surface area contributed by atoms with Gasteiger partial charge in [0.2, 0.25) is 0 Å². The standard InChI is InChI=1S/C15H25NO2/c1-7-16-14(15(3,4)18-6)13-9-8-12(17-5)10-11(13)2/h8-10,14,16H,7H2,1-6H3. The highest BCUT2D eigenvalue weighted by molar-refractivity contribution is 5.37. The number of hydrogen-bond donors (Lipinski definition) is 1. The highest BCUT2D eigenvalue weighted by Gasteiger charge is 2.31. The topological polar surface area (TPSA) is 30.5 Å². The first-order chi connectivity index (χ1) is 8.46. The number of methoxy groups -OCH3 is 2. The Balaban J connectivity index is 3.13. The van der Waals surface area contributed by atoms with Gasteiger partial charge in [-0.3, -0.25) is 0 Å². The lowest BCUT2D eigenvalue weighted by molar-refractivity contribution is -0.0108.